The predicted molar refractivity (Wildman–Crippen MR) is 284 cm³/mol. The Morgan fingerprint density at radius 2 is 1.32 bits per heavy atom. The number of aryl methyl sites for hydroxylation is 4. The topological polar surface area (TPSA) is 375 Å². The summed E-state index contributed by atoms with van der Waals surface area (Å²) in [5.74, 6) is -3.11. The Morgan fingerprint density at radius 1 is 0.756 bits per heavy atom. The first-order valence-electron chi connectivity index (χ1n) is 24.1. The molecule has 4 amide bonds. The van der Waals surface area contributed by atoms with Gasteiger partial charge in [-0.1, -0.05) is 6.07 Å². The summed E-state index contributed by atoms with van der Waals surface area (Å²) in [5.41, 5.74) is 19.0. The van der Waals surface area contributed by atoms with Crippen LogP contribution in [0, 0.1) is 6.92 Å². The Kier molecular flexibility index (Phi) is 13.5. The van der Waals surface area contributed by atoms with Crippen molar-refractivity contribution >= 4 is 96.1 Å². The predicted octanol–water partition coefficient (Wildman–Crippen LogP) is 4.50. The molecule has 78 heavy (non-hydrogen) atoms. The van der Waals surface area contributed by atoms with Crippen LogP contribution in [0.5, 0.6) is 11.5 Å². The molecule has 5 aromatic carbocycles. The molecule has 25 nitrogen and oxygen atoms in total. The molecule has 0 radical (unpaired) electrons. The average molecular weight is 1100 g/mol. The fourth-order valence-electron chi connectivity index (χ4n) is 9.94. The molecule has 2 aliphatic heterocycles. The number of nitrogen functional groups attached to an aromatic ring is 2. The molecule has 27 heteroatoms. The van der Waals surface area contributed by atoms with Gasteiger partial charge in [0.05, 0.1) is 44.7 Å². The molecule has 3 aromatic heterocycles. The third kappa shape index (κ3) is 9.05. The number of hydrogen-bond acceptors (Lipinski definition) is 16. The number of aromatic nitrogens is 6. The van der Waals surface area contributed by atoms with Crippen LogP contribution in [-0.2, 0) is 51.2 Å². The smallest absolute Gasteiger partial charge is 0.340 e. The van der Waals surface area contributed by atoms with Gasteiger partial charge in [-0.15, -0.1) is 0 Å². The van der Waals surface area contributed by atoms with Crippen molar-refractivity contribution in [3.05, 3.63) is 135 Å². The van der Waals surface area contributed by atoms with Crippen molar-refractivity contribution < 1.29 is 55.2 Å². The molecule has 0 bridgehead atoms. The minimum atomic E-state index is -5.11. The Morgan fingerprint density at radius 3 is 1.94 bits per heavy atom. The molecule has 1 spiro atoms. The van der Waals surface area contributed by atoms with Crippen molar-refractivity contribution in [1.29, 1.82) is 0 Å². The number of rotatable bonds is 17. The van der Waals surface area contributed by atoms with Crippen molar-refractivity contribution in [3.63, 3.8) is 0 Å². The first-order valence-corrected chi connectivity index (χ1v) is 26.7. The second-order valence-corrected chi connectivity index (χ2v) is 20.5. The highest BCUT2D eigenvalue weighted by molar-refractivity contribution is 7.86. The molecule has 402 valence electrons. The van der Waals surface area contributed by atoms with Gasteiger partial charge in [0.25, 0.3) is 27.8 Å². The molecule has 0 aliphatic carbocycles. The van der Waals surface area contributed by atoms with E-state index in [0.29, 0.717) is 77.9 Å². The molecule has 12 N–H and O–H groups in total. The van der Waals surface area contributed by atoms with Crippen LogP contribution in [0.3, 0.4) is 0 Å². The van der Waals surface area contributed by atoms with Gasteiger partial charge in [-0.25, -0.2) is 19.0 Å². The standard InChI is InChI=1S/C51H49N13O12S2/c1-4-64-39(21-25(2)61-64)47(68)60-50-59-35-23-26(44(54)65)8-15-38(35)63(50)20-6-5-19-62-37-16-9-28(24-36(37)58-49(62)55-3)46(67)57-18-17-56-45(66)27-7-10-30-29(22-27)48(69)76-51(30)31-11-13-33(52)42(77(70)71)40(31)75-41-32(51)12-14-34(53)43(41)78(72,73)74/h7-16,21-24H,4-6,17-20,52-53H2,1-3H3,(H2,54,65)(H,55,58)(H,56,66)(H,57,67)(H,70,71)(H,59,60,68)(H,72,73,74). The number of benzene rings is 5. The van der Waals surface area contributed by atoms with E-state index in [4.69, 9.17) is 31.7 Å². The number of carbonyl (C=O) groups is 5. The highest BCUT2D eigenvalue weighted by Gasteiger charge is 2.56. The van der Waals surface area contributed by atoms with E-state index in [1.807, 2.05) is 16.1 Å². The van der Waals surface area contributed by atoms with E-state index in [2.05, 4.69) is 31.3 Å². The van der Waals surface area contributed by atoms with Gasteiger partial charge < -0.3 is 56.3 Å². The minimum absolute atomic E-state index is 0.00638. The van der Waals surface area contributed by atoms with E-state index in [-0.39, 0.29) is 58.1 Å². The third-order valence-corrected chi connectivity index (χ3v) is 15.2. The molecule has 8 aromatic rings. The van der Waals surface area contributed by atoms with Crippen LogP contribution in [0.2, 0.25) is 0 Å². The van der Waals surface area contributed by atoms with Gasteiger partial charge in [0.1, 0.15) is 10.6 Å². The molecular weight excluding hydrogens is 1050 g/mol. The number of carbonyl (C=O) groups excluding carboxylic acids is 5. The molecule has 5 heterocycles. The van der Waals surface area contributed by atoms with E-state index in [0.717, 1.165) is 11.6 Å². The number of ether oxygens (including phenoxy) is 2. The van der Waals surface area contributed by atoms with E-state index >= 15 is 0 Å². The molecule has 0 saturated heterocycles. The molecule has 0 fully saturated rings. The van der Waals surface area contributed by atoms with Gasteiger partial charge >= 0.3 is 5.97 Å². The van der Waals surface area contributed by atoms with Crippen molar-refractivity contribution in [3.8, 4) is 11.5 Å². The molecule has 0 saturated carbocycles. The second kappa shape index (κ2) is 20.1. The summed E-state index contributed by atoms with van der Waals surface area (Å²) in [7, 11) is -3.37. The zero-order valence-corrected chi connectivity index (χ0v) is 43.4. The first kappa shape index (κ1) is 52.3. The Labute approximate surface area is 445 Å². The quantitative estimate of drug-likeness (QED) is 0.0199. The Bertz CT molecular complexity index is 4020. The number of hydrogen-bond donors (Lipinski definition) is 9. The monoisotopic (exact) mass is 1100 g/mol. The van der Waals surface area contributed by atoms with E-state index in [9.17, 15) is 45.7 Å². The van der Waals surface area contributed by atoms with E-state index in [1.54, 1.807) is 61.1 Å². The van der Waals surface area contributed by atoms with Crippen molar-refractivity contribution in [2.75, 3.05) is 42.2 Å². The van der Waals surface area contributed by atoms with E-state index < -0.39 is 77.5 Å². The number of nitrogens with one attached hydrogen (secondary N) is 4. The van der Waals surface area contributed by atoms with Gasteiger partial charge in [0.15, 0.2) is 33.1 Å². The lowest BCUT2D eigenvalue weighted by molar-refractivity contribution is 0.0221. The molecule has 2 atom stereocenters. The third-order valence-electron chi connectivity index (χ3n) is 13.4. The van der Waals surface area contributed by atoms with Crippen LogP contribution < -0.4 is 43.2 Å². The maximum absolute atomic E-state index is 13.8. The zero-order valence-electron chi connectivity index (χ0n) is 41.7. The Balaban J connectivity index is 0.799. The first-order chi connectivity index (χ1) is 37.2. The fraction of sp³-hybridized carbons (Fsp3) is 0.216. The number of primary amides is 1. The molecular formula is C51H49N13O12S2. The van der Waals surface area contributed by atoms with Crippen molar-refractivity contribution in [2.45, 2.75) is 61.7 Å². The second-order valence-electron chi connectivity index (χ2n) is 18.2. The highest BCUT2D eigenvalue weighted by Crippen LogP contribution is 2.59. The molecule has 10 rings (SSSR count). The summed E-state index contributed by atoms with van der Waals surface area (Å²) in [6, 6.07) is 21.0. The van der Waals surface area contributed by atoms with Crippen LogP contribution in [-0.4, -0.2) is 100 Å². The van der Waals surface area contributed by atoms with E-state index in [1.165, 1.54) is 36.4 Å². The molecule has 2 aliphatic rings. The molecule has 2 unspecified atom stereocenters. The summed E-state index contributed by atoms with van der Waals surface area (Å²) < 4.78 is 75.9. The van der Waals surface area contributed by atoms with Crippen LogP contribution in [0.25, 0.3) is 22.1 Å². The van der Waals surface area contributed by atoms with Crippen LogP contribution >= 0.6 is 0 Å². The average Bonchev–Trinajstić information content (AvgIpc) is 3.93. The number of fused-ring (bicyclic) bond motifs is 8. The Hall–Kier alpha value is -9.18. The van der Waals surface area contributed by atoms with Crippen molar-refractivity contribution in [2.24, 2.45) is 5.73 Å². The zero-order chi connectivity index (χ0) is 55.5. The summed E-state index contributed by atoms with van der Waals surface area (Å²) in [5, 5.41) is 15.9. The number of esters is 1. The van der Waals surface area contributed by atoms with Crippen LogP contribution in [0.15, 0.2) is 94.7 Å². The maximum Gasteiger partial charge on any atom is 0.340 e. The fourth-order valence-corrected chi connectivity index (χ4v) is 11.3. The highest BCUT2D eigenvalue weighted by atomic mass is 32.2. The van der Waals surface area contributed by atoms with Gasteiger partial charge in [0.2, 0.25) is 17.8 Å². The summed E-state index contributed by atoms with van der Waals surface area (Å²) in [6.45, 7) is 5.16. The summed E-state index contributed by atoms with van der Waals surface area (Å²) >= 11 is -2.81. The minimum Gasteiger partial charge on any atom is -0.453 e. The number of imidazole rings is 2. The largest absolute Gasteiger partial charge is 0.453 e. The number of nitrogens with two attached hydrogens (primary N) is 3. The normalized spacial score (nSPS) is 14.8. The van der Waals surface area contributed by atoms with Gasteiger partial charge in [-0.3, -0.25) is 33.7 Å². The van der Waals surface area contributed by atoms with Crippen molar-refractivity contribution in [1.82, 2.24) is 39.5 Å². The van der Waals surface area contributed by atoms with Crippen LogP contribution in [0.1, 0.15) is 94.1 Å². The number of nitrogens with zero attached hydrogens (tertiary/aromatic N) is 6. The lowest BCUT2D eigenvalue weighted by atomic mass is 9.77. The summed E-state index contributed by atoms with van der Waals surface area (Å²) in [4.78, 5) is 74.2. The van der Waals surface area contributed by atoms with Crippen LogP contribution in [0.4, 0.5) is 23.3 Å². The lowest BCUT2D eigenvalue weighted by Gasteiger charge is -2.37. The number of anilines is 4. The van der Waals surface area contributed by atoms with Gasteiger partial charge in [-0.2, -0.15) is 13.5 Å². The summed E-state index contributed by atoms with van der Waals surface area (Å²) in [6.07, 6.45) is 1.31. The number of amides is 4. The lowest BCUT2D eigenvalue weighted by Crippen LogP contribution is -2.35. The number of unbranched alkanes of at least 4 members (excludes halogenated alkanes) is 1. The van der Waals surface area contributed by atoms with Gasteiger partial charge in [-0.05, 0) is 106 Å². The SMILES string of the molecule is CCn1nc(C)cc1C(=O)Nc1nc2cc(C(N)=O)ccc2n1CCCCn1c(NC)nc2cc(C(=O)NCCNC(=O)c3ccc4c(c3)C(=O)OC43c4ccc(N)c(S(=O)O)c4Oc4c3ccc(N)c4S(=O)(=O)O)ccc21. The maximum atomic E-state index is 13.8. The van der Waals surface area contributed by atoms with Gasteiger partial charge in [0, 0.05) is 73.2 Å².